The minimum absolute atomic E-state index is 0.898. The van der Waals surface area contributed by atoms with Gasteiger partial charge in [-0.3, -0.25) is 0 Å². The predicted molar refractivity (Wildman–Crippen MR) is 296 cm³/mol. The van der Waals surface area contributed by atoms with E-state index in [0.717, 1.165) is 66.8 Å². The van der Waals surface area contributed by atoms with E-state index in [1.807, 2.05) is 12.1 Å². The fraction of sp³-hybridized carbons (Fsp3) is 0. The van der Waals surface area contributed by atoms with Crippen LogP contribution in [0.25, 0.3) is 110 Å². The van der Waals surface area contributed by atoms with Crippen molar-refractivity contribution in [1.82, 2.24) is 0 Å². The third-order valence-corrected chi connectivity index (χ3v) is 13.9. The maximum Gasteiger partial charge on any atom is 0.143 e. The van der Waals surface area contributed by atoms with E-state index in [1.54, 1.807) is 0 Å². The Labute approximate surface area is 407 Å². The zero-order valence-corrected chi connectivity index (χ0v) is 38.3. The molecule has 0 unspecified atom stereocenters. The number of furan rings is 1. The van der Waals surface area contributed by atoms with E-state index in [9.17, 15) is 0 Å². The van der Waals surface area contributed by atoms with Crippen molar-refractivity contribution < 1.29 is 4.42 Å². The first-order chi connectivity index (χ1) is 34.7. The molecule has 13 rings (SSSR count). The smallest absolute Gasteiger partial charge is 0.143 e. The fourth-order valence-corrected chi connectivity index (χ4v) is 10.6. The zero-order valence-electron chi connectivity index (χ0n) is 38.3. The van der Waals surface area contributed by atoms with Gasteiger partial charge in [-0.1, -0.05) is 224 Å². The first kappa shape index (κ1) is 41.0. The average Bonchev–Trinajstić information content (AvgIpc) is 3.83. The summed E-state index contributed by atoms with van der Waals surface area (Å²) < 4.78 is 6.50. The quantitative estimate of drug-likeness (QED) is 0.134. The van der Waals surface area contributed by atoms with Crippen LogP contribution in [0.4, 0.5) is 17.1 Å². The van der Waals surface area contributed by atoms with Crippen LogP contribution >= 0.6 is 0 Å². The molecule has 0 bridgehead atoms. The number of anilines is 3. The van der Waals surface area contributed by atoms with Gasteiger partial charge in [-0.05, 0) is 126 Å². The Balaban J connectivity index is 0.969. The summed E-state index contributed by atoms with van der Waals surface area (Å²) in [4.78, 5) is 2.40. The SMILES string of the molecule is c1ccc(-c2ccc(N(c3ccc(-c4ccc5c(c4)c(-c4ccccc4)c(-c4ccccc4)c4ccccc45)cc3)c3ccc(-c4cccc5c4oc4ccccc45)cc3)c(-c3ccccc3)c2)cc1. The number of para-hydroxylation sites is 2. The Hall–Kier alpha value is -9.24. The van der Waals surface area contributed by atoms with E-state index in [-0.39, 0.29) is 0 Å². The van der Waals surface area contributed by atoms with E-state index in [2.05, 4.69) is 266 Å². The number of benzene rings is 12. The van der Waals surface area contributed by atoms with Crippen molar-refractivity contribution in [2.24, 2.45) is 0 Å². The summed E-state index contributed by atoms with van der Waals surface area (Å²) in [5.41, 5.74) is 19.0. The number of hydrogen-bond donors (Lipinski definition) is 0. The van der Waals surface area contributed by atoms with Crippen LogP contribution in [0.3, 0.4) is 0 Å². The fourth-order valence-electron chi connectivity index (χ4n) is 10.6. The monoisotopic (exact) mass is 891 g/mol. The van der Waals surface area contributed by atoms with Gasteiger partial charge >= 0.3 is 0 Å². The number of fused-ring (bicyclic) bond motifs is 6. The molecule has 0 atom stereocenters. The largest absolute Gasteiger partial charge is 0.455 e. The van der Waals surface area contributed by atoms with Crippen molar-refractivity contribution in [1.29, 1.82) is 0 Å². The molecule has 2 heteroatoms. The molecule has 0 N–H and O–H groups in total. The van der Waals surface area contributed by atoms with Gasteiger partial charge in [-0.15, -0.1) is 0 Å². The highest BCUT2D eigenvalue weighted by Gasteiger charge is 2.21. The lowest BCUT2D eigenvalue weighted by Crippen LogP contribution is -2.11. The highest BCUT2D eigenvalue weighted by molar-refractivity contribution is 6.22. The van der Waals surface area contributed by atoms with E-state index >= 15 is 0 Å². The second-order valence-corrected chi connectivity index (χ2v) is 18.0. The Morgan fingerprint density at radius 2 is 0.686 bits per heavy atom. The molecular weight excluding hydrogens is 847 g/mol. The molecule has 1 aromatic heterocycles. The van der Waals surface area contributed by atoms with Gasteiger partial charge in [0.25, 0.3) is 0 Å². The number of rotatable bonds is 9. The third-order valence-electron chi connectivity index (χ3n) is 13.9. The van der Waals surface area contributed by atoms with Gasteiger partial charge in [0.05, 0.1) is 5.69 Å². The minimum atomic E-state index is 0.898. The van der Waals surface area contributed by atoms with E-state index in [0.29, 0.717) is 0 Å². The van der Waals surface area contributed by atoms with Crippen molar-refractivity contribution in [3.05, 3.63) is 273 Å². The molecule has 2 nitrogen and oxygen atoms in total. The topological polar surface area (TPSA) is 16.4 Å². The standard InChI is InChI=1S/C68H45NO/c1-5-18-46(19-6-1)53-37-43-64(62(44-53)48-20-7-2-8-21-48)69(55-40-34-49(35-41-55)56-29-17-30-61-59-27-15-16-31-65(59)70-68(56)61)54-38-32-47(33-39-54)52-36-42-58-57-26-13-14-28-60(57)66(50-22-9-3-10-23-50)67(63(58)45-52)51-24-11-4-12-25-51/h1-45H. The van der Waals surface area contributed by atoms with Crippen molar-refractivity contribution >= 4 is 60.5 Å². The van der Waals surface area contributed by atoms with Crippen LogP contribution in [0.1, 0.15) is 0 Å². The summed E-state index contributed by atoms with van der Waals surface area (Å²) in [5, 5.41) is 7.23. The maximum atomic E-state index is 6.50. The molecule has 0 saturated carbocycles. The summed E-state index contributed by atoms with van der Waals surface area (Å²) in [5.74, 6) is 0. The molecule has 1 heterocycles. The second-order valence-electron chi connectivity index (χ2n) is 18.0. The van der Waals surface area contributed by atoms with Crippen LogP contribution in [-0.4, -0.2) is 0 Å². The molecule has 0 fully saturated rings. The molecular formula is C68H45NO. The molecule has 0 amide bonds. The van der Waals surface area contributed by atoms with Crippen LogP contribution in [0, 0.1) is 0 Å². The average molecular weight is 892 g/mol. The molecule has 0 aliphatic heterocycles. The van der Waals surface area contributed by atoms with Gasteiger partial charge in [-0.2, -0.15) is 0 Å². The van der Waals surface area contributed by atoms with E-state index < -0.39 is 0 Å². The predicted octanol–water partition coefficient (Wildman–Crippen LogP) is 19.4. The summed E-state index contributed by atoms with van der Waals surface area (Å²) in [7, 11) is 0. The van der Waals surface area contributed by atoms with Gasteiger partial charge in [0.1, 0.15) is 11.2 Å². The molecule has 0 radical (unpaired) electrons. The zero-order chi connectivity index (χ0) is 46.4. The third kappa shape index (κ3) is 7.22. The van der Waals surface area contributed by atoms with Crippen molar-refractivity contribution in [3.8, 4) is 66.8 Å². The van der Waals surface area contributed by atoms with E-state index in [4.69, 9.17) is 4.42 Å². The van der Waals surface area contributed by atoms with Crippen molar-refractivity contribution in [2.45, 2.75) is 0 Å². The van der Waals surface area contributed by atoms with Crippen LogP contribution in [0.5, 0.6) is 0 Å². The van der Waals surface area contributed by atoms with Crippen LogP contribution in [0.2, 0.25) is 0 Å². The maximum absolute atomic E-state index is 6.50. The van der Waals surface area contributed by atoms with Crippen molar-refractivity contribution in [3.63, 3.8) is 0 Å². The second kappa shape index (κ2) is 17.4. The normalized spacial score (nSPS) is 11.4. The Bertz CT molecular complexity index is 4010. The summed E-state index contributed by atoms with van der Waals surface area (Å²) >= 11 is 0. The number of hydrogen-bond acceptors (Lipinski definition) is 2. The summed E-state index contributed by atoms with van der Waals surface area (Å²) in [6, 6.07) is 98.7. The lowest BCUT2D eigenvalue weighted by molar-refractivity contribution is 0.670. The van der Waals surface area contributed by atoms with Gasteiger partial charge in [0, 0.05) is 33.3 Å². The molecule has 12 aromatic carbocycles. The molecule has 13 aromatic rings. The van der Waals surface area contributed by atoms with Gasteiger partial charge in [0.15, 0.2) is 0 Å². The Morgan fingerprint density at radius 3 is 1.34 bits per heavy atom. The summed E-state index contributed by atoms with van der Waals surface area (Å²) in [6.07, 6.45) is 0. The summed E-state index contributed by atoms with van der Waals surface area (Å²) in [6.45, 7) is 0. The molecule has 70 heavy (non-hydrogen) atoms. The van der Waals surface area contributed by atoms with Gasteiger partial charge in [0.2, 0.25) is 0 Å². The highest BCUT2D eigenvalue weighted by atomic mass is 16.3. The van der Waals surface area contributed by atoms with E-state index in [1.165, 1.54) is 60.5 Å². The minimum Gasteiger partial charge on any atom is -0.455 e. The lowest BCUT2D eigenvalue weighted by atomic mass is 9.84. The molecule has 0 aliphatic rings. The van der Waals surface area contributed by atoms with Gasteiger partial charge < -0.3 is 9.32 Å². The molecule has 0 saturated heterocycles. The highest BCUT2D eigenvalue weighted by Crippen LogP contribution is 2.47. The molecule has 328 valence electrons. The lowest BCUT2D eigenvalue weighted by Gasteiger charge is -2.29. The first-order valence-corrected chi connectivity index (χ1v) is 24.0. The Morgan fingerprint density at radius 1 is 0.243 bits per heavy atom. The van der Waals surface area contributed by atoms with Crippen LogP contribution in [0.15, 0.2) is 277 Å². The number of nitrogens with zero attached hydrogens (tertiary/aromatic N) is 1. The van der Waals surface area contributed by atoms with Gasteiger partial charge in [-0.25, -0.2) is 0 Å². The molecule has 0 spiro atoms. The molecule has 0 aliphatic carbocycles. The first-order valence-electron chi connectivity index (χ1n) is 24.0. The Kier molecular flexibility index (Phi) is 10.2. The van der Waals surface area contributed by atoms with Crippen LogP contribution < -0.4 is 4.90 Å². The van der Waals surface area contributed by atoms with Crippen LogP contribution in [-0.2, 0) is 0 Å². The van der Waals surface area contributed by atoms with Crippen molar-refractivity contribution in [2.75, 3.05) is 4.90 Å².